The summed E-state index contributed by atoms with van der Waals surface area (Å²) in [5.41, 5.74) is 1.48. The normalized spacial score (nSPS) is 9.50. The van der Waals surface area contributed by atoms with Crippen LogP contribution < -0.4 is 3.69 Å². The summed E-state index contributed by atoms with van der Waals surface area (Å²) in [5.74, 6) is 0. The second-order valence-corrected chi connectivity index (χ2v) is 5.82. The van der Waals surface area contributed by atoms with E-state index in [-0.39, 0.29) is 18.2 Å². The van der Waals surface area contributed by atoms with Crippen molar-refractivity contribution in [2.75, 3.05) is 0 Å². The Kier molecular flexibility index (Phi) is 5.27. The van der Waals surface area contributed by atoms with Crippen LogP contribution in [0.1, 0.15) is 25.3 Å². The lowest BCUT2D eigenvalue weighted by atomic mass is 10.1. The highest BCUT2D eigenvalue weighted by molar-refractivity contribution is 9.23. The van der Waals surface area contributed by atoms with Crippen LogP contribution in [0, 0.1) is 0 Å². The minimum atomic E-state index is -0.131. The zero-order chi connectivity index (χ0) is 8.81. The molecule has 2 heteroatoms. The SMILES string of the molecule is CCCCc1cc[c]([Mg][Br])cc1. The van der Waals surface area contributed by atoms with Crippen LogP contribution >= 0.6 is 12.9 Å². The van der Waals surface area contributed by atoms with Crippen LogP contribution in [0.4, 0.5) is 0 Å². The van der Waals surface area contributed by atoms with Gasteiger partial charge in [-0.05, 0) is 18.4 Å². The molecule has 0 saturated carbocycles. The highest BCUT2D eigenvalue weighted by atomic mass is 79.9. The molecule has 0 nitrogen and oxygen atoms in total. The van der Waals surface area contributed by atoms with Crippen LogP contribution in [0.25, 0.3) is 0 Å². The van der Waals surface area contributed by atoms with E-state index < -0.39 is 0 Å². The van der Waals surface area contributed by atoms with Crippen LogP contribution in [0.3, 0.4) is 0 Å². The molecular weight excluding hydrogens is 224 g/mol. The van der Waals surface area contributed by atoms with Gasteiger partial charge in [0.1, 0.15) is 0 Å². The quantitative estimate of drug-likeness (QED) is 0.706. The second kappa shape index (κ2) is 6.00. The number of rotatable bonds is 4. The highest BCUT2D eigenvalue weighted by Gasteiger charge is 1.95. The molecule has 0 heterocycles. The van der Waals surface area contributed by atoms with Gasteiger partial charge in [-0.25, -0.2) is 0 Å². The van der Waals surface area contributed by atoms with E-state index in [1.54, 1.807) is 0 Å². The molecule has 0 aromatic heterocycles. The van der Waals surface area contributed by atoms with Crippen molar-refractivity contribution in [3.05, 3.63) is 29.8 Å². The largest absolute Gasteiger partial charge is 0.506 e. The fraction of sp³-hybridized carbons (Fsp3) is 0.400. The summed E-state index contributed by atoms with van der Waals surface area (Å²) in [5, 5.41) is 0. The number of hydrogen-bond donors (Lipinski definition) is 0. The van der Waals surface area contributed by atoms with Gasteiger partial charge in [-0.1, -0.05) is 37.6 Å². The summed E-state index contributed by atoms with van der Waals surface area (Å²) >= 11 is 3.44. The average molecular weight is 237 g/mol. The molecule has 0 aliphatic carbocycles. The van der Waals surface area contributed by atoms with Crippen molar-refractivity contribution in [3.8, 4) is 0 Å². The Labute approximate surface area is 90.3 Å². The van der Waals surface area contributed by atoms with E-state index in [9.17, 15) is 0 Å². The van der Waals surface area contributed by atoms with E-state index in [1.165, 1.54) is 28.5 Å². The zero-order valence-electron chi connectivity index (χ0n) is 7.52. The van der Waals surface area contributed by atoms with Gasteiger partial charge in [-0.15, -0.1) is 0 Å². The van der Waals surface area contributed by atoms with Gasteiger partial charge in [0.25, 0.3) is 0 Å². The first kappa shape index (κ1) is 10.5. The summed E-state index contributed by atoms with van der Waals surface area (Å²) in [6, 6.07) is 9.04. The summed E-state index contributed by atoms with van der Waals surface area (Å²) in [7, 11) is 0. The first-order valence-corrected chi connectivity index (χ1v) is 9.11. The number of aryl methyl sites for hydroxylation is 1. The van der Waals surface area contributed by atoms with Gasteiger partial charge in [-0.2, -0.15) is 3.69 Å². The molecule has 1 rings (SSSR count). The Morgan fingerprint density at radius 3 is 2.42 bits per heavy atom. The number of benzene rings is 1. The molecule has 0 fully saturated rings. The van der Waals surface area contributed by atoms with Crippen LogP contribution in [-0.4, -0.2) is 18.2 Å². The van der Waals surface area contributed by atoms with Crippen molar-refractivity contribution < 1.29 is 0 Å². The van der Waals surface area contributed by atoms with Crippen molar-refractivity contribution >= 4 is 34.8 Å². The predicted molar refractivity (Wildman–Crippen MR) is 59.4 cm³/mol. The van der Waals surface area contributed by atoms with E-state index in [1.807, 2.05) is 0 Å². The molecule has 0 atom stereocenters. The number of unbranched alkanes of at least 4 members (excludes halogenated alkanes) is 1. The molecular formula is C10H13BrMg. The molecule has 0 spiro atoms. The van der Waals surface area contributed by atoms with Crippen molar-refractivity contribution in [2.45, 2.75) is 26.2 Å². The van der Waals surface area contributed by atoms with Crippen LogP contribution in [-0.2, 0) is 6.42 Å². The maximum absolute atomic E-state index is 3.57. The third-order valence-electron chi connectivity index (χ3n) is 2.00. The Morgan fingerprint density at radius 1 is 1.25 bits per heavy atom. The third kappa shape index (κ3) is 3.46. The molecule has 0 amide bonds. The maximum atomic E-state index is 3.57. The predicted octanol–water partition coefficient (Wildman–Crippen LogP) is 2.67. The summed E-state index contributed by atoms with van der Waals surface area (Å²) < 4.78 is 1.50. The minimum absolute atomic E-state index is 0.131. The van der Waals surface area contributed by atoms with Gasteiger partial charge in [0.05, 0.1) is 0 Å². The topological polar surface area (TPSA) is 0 Å². The fourth-order valence-corrected chi connectivity index (χ4v) is 2.71. The Morgan fingerprint density at radius 2 is 1.92 bits per heavy atom. The van der Waals surface area contributed by atoms with Gasteiger partial charge < -0.3 is 0 Å². The fourth-order valence-electron chi connectivity index (χ4n) is 1.18. The smallest absolute Gasteiger partial charge is 0.296 e. The highest BCUT2D eigenvalue weighted by Crippen LogP contribution is 2.02. The van der Waals surface area contributed by atoms with Gasteiger partial charge in [-0.3, -0.25) is 12.9 Å². The maximum Gasteiger partial charge on any atom is 0.506 e. The van der Waals surface area contributed by atoms with Gasteiger partial charge in [0.2, 0.25) is 0 Å². The molecule has 12 heavy (non-hydrogen) atoms. The minimum Gasteiger partial charge on any atom is -0.296 e. The average Bonchev–Trinajstić information content (AvgIpc) is 2.15. The third-order valence-corrected chi connectivity index (χ3v) is 4.72. The first-order valence-electron chi connectivity index (χ1n) is 4.50. The molecule has 0 bridgehead atoms. The van der Waals surface area contributed by atoms with Gasteiger partial charge in [0, 0.05) is 0 Å². The van der Waals surface area contributed by atoms with Crippen molar-refractivity contribution in [1.29, 1.82) is 0 Å². The lowest BCUT2D eigenvalue weighted by Gasteiger charge is -2.00. The van der Waals surface area contributed by atoms with E-state index in [4.69, 9.17) is 0 Å². The Hall–Kier alpha value is 0.466. The standard InChI is InChI=1S/C10H13.BrH.Mg/c1-2-3-7-10-8-5-4-6-9-10;;/h5-6,8-9H,2-3,7H2,1H3;1H;/q;;+1/p-1. The molecule has 0 N–H and O–H groups in total. The first-order chi connectivity index (χ1) is 5.86. The number of hydrogen-bond acceptors (Lipinski definition) is 0. The lowest BCUT2D eigenvalue weighted by molar-refractivity contribution is 0.795. The monoisotopic (exact) mass is 236 g/mol. The van der Waals surface area contributed by atoms with Crippen LogP contribution in [0.15, 0.2) is 24.3 Å². The van der Waals surface area contributed by atoms with E-state index >= 15 is 0 Å². The summed E-state index contributed by atoms with van der Waals surface area (Å²) in [4.78, 5) is 0. The van der Waals surface area contributed by atoms with Crippen LogP contribution in [0.5, 0.6) is 0 Å². The molecule has 0 aliphatic rings. The molecule has 0 radical (unpaired) electrons. The van der Waals surface area contributed by atoms with Gasteiger partial charge >= 0.3 is 18.2 Å². The van der Waals surface area contributed by atoms with Crippen LogP contribution in [0.2, 0.25) is 0 Å². The molecule has 1 aromatic rings. The molecule has 62 valence electrons. The molecule has 1 aromatic carbocycles. The lowest BCUT2D eigenvalue weighted by Crippen LogP contribution is -2.06. The van der Waals surface area contributed by atoms with Crippen molar-refractivity contribution in [2.24, 2.45) is 0 Å². The van der Waals surface area contributed by atoms with Crippen molar-refractivity contribution in [3.63, 3.8) is 0 Å². The second-order valence-electron chi connectivity index (χ2n) is 3.05. The summed E-state index contributed by atoms with van der Waals surface area (Å²) in [6.45, 7) is 2.24. The van der Waals surface area contributed by atoms with E-state index in [0.29, 0.717) is 0 Å². The van der Waals surface area contributed by atoms with Crippen molar-refractivity contribution in [1.82, 2.24) is 0 Å². The molecule has 0 aliphatic heterocycles. The Balaban J connectivity index is 2.53. The zero-order valence-corrected chi connectivity index (χ0v) is 10.5. The van der Waals surface area contributed by atoms with E-state index in [2.05, 4.69) is 44.1 Å². The summed E-state index contributed by atoms with van der Waals surface area (Å²) in [6.07, 6.45) is 3.83. The number of halogens is 1. The van der Waals surface area contributed by atoms with E-state index in [0.717, 1.165) is 0 Å². The molecule has 0 saturated heterocycles. The van der Waals surface area contributed by atoms with Gasteiger partial charge in [0.15, 0.2) is 0 Å². The Bertz CT molecular complexity index is 218. The molecule has 0 unspecified atom stereocenters.